The monoisotopic (exact) mass is 317 g/mol. The largest absolute Gasteiger partial charge is 0.355 e. The lowest BCUT2D eigenvalue weighted by atomic mass is 10.3. The van der Waals surface area contributed by atoms with Gasteiger partial charge in [0.1, 0.15) is 0 Å². The first-order valence-corrected chi connectivity index (χ1v) is 6.44. The molecule has 0 aliphatic carbocycles. The molecule has 0 radical (unpaired) electrons. The van der Waals surface area contributed by atoms with Gasteiger partial charge in [-0.3, -0.25) is 14.4 Å². The number of nitrogens with one attached hydrogen (secondary N) is 3. The van der Waals surface area contributed by atoms with Crippen LogP contribution in [0.4, 0.5) is 5.69 Å². The number of halogens is 2. The third-order valence-electron chi connectivity index (χ3n) is 2.17. The van der Waals surface area contributed by atoms with E-state index in [0.29, 0.717) is 10.7 Å². The van der Waals surface area contributed by atoms with Crippen molar-refractivity contribution in [3.63, 3.8) is 0 Å². The molecule has 0 heterocycles. The van der Waals surface area contributed by atoms with E-state index in [2.05, 4.69) is 16.0 Å². The molecule has 20 heavy (non-hydrogen) atoms. The Bertz CT molecular complexity index is 535. The van der Waals surface area contributed by atoms with Crippen LogP contribution in [0.2, 0.25) is 10.0 Å². The molecule has 0 aliphatic heterocycles. The summed E-state index contributed by atoms with van der Waals surface area (Å²) in [5.41, 5.74) is 0.362. The van der Waals surface area contributed by atoms with E-state index in [4.69, 9.17) is 23.2 Å². The van der Waals surface area contributed by atoms with Crippen LogP contribution in [0.25, 0.3) is 0 Å². The molecular weight excluding hydrogens is 305 g/mol. The Morgan fingerprint density at radius 2 is 1.65 bits per heavy atom. The van der Waals surface area contributed by atoms with Gasteiger partial charge in [0.15, 0.2) is 0 Å². The third-order valence-corrected chi connectivity index (χ3v) is 2.91. The lowest BCUT2D eigenvalue weighted by Gasteiger charge is -2.07. The molecule has 108 valence electrons. The molecule has 0 aliphatic rings. The first kappa shape index (κ1) is 16.3. The molecule has 0 atom stereocenters. The van der Waals surface area contributed by atoms with Gasteiger partial charge in [0.2, 0.25) is 5.91 Å². The second-order valence-corrected chi connectivity index (χ2v) is 4.64. The Morgan fingerprint density at radius 1 is 1.00 bits per heavy atom. The van der Waals surface area contributed by atoms with E-state index in [9.17, 15) is 14.4 Å². The van der Waals surface area contributed by atoms with Gasteiger partial charge in [-0.15, -0.1) is 0 Å². The summed E-state index contributed by atoms with van der Waals surface area (Å²) in [4.78, 5) is 33.6. The van der Waals surface area contributed by atoms with E-state index in [1.54, 1.807) is 0 Å². The van der Waals surface area contributed by atoms with Crippen LogP contribution in [0.3, 0.4) is 0 Å². The summed E-state index contributed by atoms with van der Waals surface area (Å²) >= 11 is 11.5. The predicted octanol–water partition coefficient (Wildman–Crippen LogP) is 1.18. The van der Waals surface area contributed by atoms with Crippen LogP contribution in [0, 0.1) is 0 Å². The number of hydrogen-bond acceptors (Lipinski definition) is 3. The molecular formula is C12H13Cl2N3O3. The summed E-state index contributed by atoms with van der Waals surface area (Å²) in [6, 6.07) is 4.47. The standard InChI is InChI=1S/C12H13Cl2N3O3/c1-7(18)15-4-5-16-11(19)12(20)17-8-2-3-9(13)10(14)6-8/h2-3,6H,4-5H2,1H3,(H,15,18)(H,16,19)(H,17,20). The van der Waals surface area contributed by atoms with E-state index in [1.165, 1.54) is 25.1 Å². The minimum absolute atomic E-state index is 0.160. The molecule has 8 heteroatoms. The summed E-state index contributed by atoms with van der Waals surface area (Å²) in [7, 11) is 0. The van der Waals surface area contributed by atoms with Gasteiger partial charge in [0.05, 0.1) is 10.0 Å². The fourth-order valence-electron chi connectivity index (χ4n) is 1.26. The SMILES string of the molecule is CC(=O)NCCNC(=O)C(=O)Nc1ccc(Cl)c(Cl)c1. The van der Waals surface area contributed by atoms with Crippen LogP contribution in [-0.4, -0.2) is 30.8 Å². The molecule has 0 saturated heterocycles. The van der Waals surface area contributed by atoms with Crippen LogP contribution < -0.4 is 16.0 Å². The fourth-order valence-corrected chi connectivity index (χ4v) is 1.55. The van der Waals surface area contributed by atoms with E-state index < -0.39 is 11.8 Å². The van der Waals surface area contributed by atoms with Gasteiger partial charge in [0.25, 0.3) is 0 Å². The molecule has 1 aromatic rings. The zero-order chi connectivity index (χ0) is 15.1. The Labute approximate surface area is 125 Å². The minimum Gasteiger partial charge on any atom is -0.355 e. The van der Waals surface area contributed by atoms with Crippen molar-refractivity contribution in [3.8, 4) is 0 Å². The minimum atomic E-state index is -0.828. The fraction of sp³-hybridized carbons (Fsp3) is 0.250. The lowest BCUT2D eigenvalue weighted by Crippen LogP contribution is -2.39. The van der Waals surface area contributed by atoms with Gasteiger partial charge in [-0.1, -0.05) is 23.2 Å². The topological polar surface area (TPSA) is 87.3 Å². The summed E-state index contributed by atoms with van der Waals surface area (Å²) in [5.74, 6) is -1.84. The van der Waals surface area contributed by atoms with E-state index in [-0.39, 0.29) is 24.0 Å². The molecule has 6 nitrogen and oxygen atoms in total. The molecule has 0 fully saturated rings. The molecule has 3 N–H and O–H groups in total. The number of hydrogen-bond donors (Lipinski definition) is 3. The Morgan fingerprint density at radius 3 is 2.25 bits per heavy atom. The molecule has 1 aromatic carbocycles. The maximum Gasteiger partial charge on any atom is 0.313 e. The maximum atomic E-state index is 11.6. The molecule has 0 aromatic heterocycles. The second-order valence-electron chi connectivity index (χ2n) is 3.82. The highest BCUT2D eigenvalue weighted by molar-refractivity contribution is 6.42. The van der Waals surface area contributed by atoms with Crippen molar-refractivity contribution in [2.75, 3.05) is 18.4 Å². The summed E-state index contributed by atoms with van der Waals surface area (Å²) in [5, 5.41) is 7.85. The van der Waals surface area contributed by atoms with Gasteiger partial charge in [-0.25, -0.2) is 0 Å². The van der Waals surface area contributed by atoms with Gasteiger partial charge in [-0.2, -0.15) is 0 Å². The second kappa shape index (κ2) is 7.72. The van der Waals surface area contributed by atoms with E-state index in [0.717, 1.165) is 0 Å². The van der Waals surface area contributed by atoms with Crippen LogP contribution in [-0.2, 0) is 14.4 Å². The normalized spacial score (nSPS) is 9.75. The van der Waals surface area contributed by atoms with Crippen molar-refractivity contribution in [3.05, 3.63) is 28.2 Å². The van der Waals surface area contributed by atoms with Crippen LogP contribution in [0.5, 0.6) is 0 Å². The summed E-state index contributed by atoms with van der Waals surface area (Å²) in [6.45, 7) is 1.77. The highest BCUT2D eigenvalue weighted by Gasteiger charge is 2.13. The number of rotatable bonds is 4. The third kappa shape index (κ3) is 5.46. The maximum absolute atomic E-state index is 11.6. The Kier molecular flexibility index (Phi) is 6.27. The molecule has 0 unspecified atom stereocenters. The van der Waals surface area contributed by atoms with Crippen LogP contribution >= 0.6 is 23.2 Å². The average Bonchev–Trinajstić information content (AvgIpc) is 2.38. The number of amides is 3. The summed E-state index contributed by atoms with van der Waals surface area (Å²) < 4.78 is 0. The molecule has 0 saturated carbocycles. The first-order chi connectivity index (χ1) is 9.40. The zero-order valence-corrected chi connectivity index (χ0v) is 12.1. The van der Waals surface area contributed by atoms with Crippen molar-refractivity contribution in [2.24, 2.45) is 0 Å². The molecule has 0 bridgehead atoms. The predicted molar refractivity (Wildman–Crippen MR) is 76.8 cm³/mol. The Balaban J connectivity index is 2.43. The number of anilines is 1. The van der Waals surface area contributed by atoms with Crippen LogP contribution in [0.15, 0.2) is 18.2 Å². The van der Waals surface area contributed by atoms with Gasteiger partial charge >= 0.3 is 11.8 Å². The van der Waals surface area contributed by atoms with Crippen molar-refractivity contribution in [1.82, 2.24) is 10.6 Å². The zero-order valence-electron chi connectivity index (χ0n) is 10.6. The highest BCUT2D eigenvalue weighted by Crippen LogP contribution is 2.24. The smallest absolute Gasteiger partial charge is 0.313 e. The quantitative estimate of drug-likeness (QED) is 0.575. The number of benzene rings is 1. The van der Waals surface area contributed by atoms with Crippen LogP contribution in [0.1, 0.15) is 6.92 Å². The van der Waals surface area contributed by atoms with E-state index >= 15 is 0 Å². The van der Waals surface area contributed by atoms with Crippen molar-refractivity contribution in [2.45, 2.75) is 6.92 Å². The highest BCUT2D eigenvalue weighted by atomic mass is 35.5. The average molecular weight is 318 g/mol. The Hall–Kier alpha value is -1.79. The van der Waals surface area contributed by atoms with Crippen molar-refractivity contribution < 1.29 is 14.4 Å². The van der Waals surface area contributed by atoms with Gasteiger partial charge < -0.3 is 16.0 Å². The summed E-state index contributed by atoms with van der Waals surface area (Å²) in [6.07, 6.45) is 0. The van der Waals surface area contributed by atoms with Gasteiger partial charge in [-0.05, 0) is 18.2 Å². The number of carbonyl (C=O) groups excluding carboxylic acids is 3. The van der Waals surface area contributed by atoms with Gasteiger partial charge in [0, 0.05) is 25.7 Å². The lowest BCUT2D eigenvalue weighted by molar-refractivity contribution is -0.136. The van der Waals surface area contributed by atoms with Crippen molar-refractivity contribution in [1.29, 1.82) is 0 Å². The molecule has 3 amide bonds. The van der Waals surface area contributed by atoms with E-state index in [1.807, 2.05) is 0 Å². The molecule has 1 rings (SSSR count). The van der Waals surface area contributed by atoms with Crippen molar-refractivity contribution >= 4 is 46.6 Å². The number of carbonyl (C=O) groups is 3. The molecule has 0 spiro atoms. The first-order valence-electron chi connectivity index (χ1n) is 5.69.